The molecule has 5 heteroatoms. The molecule has 3 aromatic rings. The molecule has 0 bridgehead atoms. The van der Waals surface area contributed by atoms with Gasteiger partial charge >= 0.3 is 0 Å². The molecule has 0 amide bonds. The zero-order valence-electron chi connectivity index (χ0n) is 10.7. The SMILES string of the molecule is Cc1cc(Br)cc2c1ccn2S(=O)(=O)c1ccccc1. The van der Waals surface area contributed by atoms with Crippen LogP contribution in [0.4, 0.5) is 0 Å². The van der Waals surface area contributed by atoms with E-state index >= 15 is 0 Å². The lowest BCUT2D eigenvalue weighted by molar-refractivity contribution is 0.589. The van der Waals surface area contributed by atoms with Gasteiger partial charge in [0.15, 0.2) is 0 Å². The van der Waals surface area contributed by atoms with Gasteiger partial charge in [-0.05, 0) is 42.8 Å². The van der Waals surface area contributed by atoms with Gasteiger partial charge in [-0.3, -0.25) is 0 Å². The van der Waals surface area contributed by atoms with Crippen LogP contribution >= 0.6 is 15.9 Å². The van der Waals surface area contributed by atoms with Crippen LogP contribution in [0.1, 0.15) is 5.56 Å². The fraction of sp³-hybridized carbons (Fsp3) is 0.0667. The molecule has 0 spiro atoms. The summed E-state index contributed by atoms with van der Waals surface area (Å²) in [6.07, 6.45) is 1.60. The van der Waals surface area contributed by atoms with E-state index in [0.29, 0.717) is 5.52 Å². The van der Waals surface area contributed by atoms with Crippen molar-refractivity contribution in [3.8, 4) is 0 Å². The van der Waals surface area contributed by atoms with Crippen LogP contribution in [0, 0.1) is 6.92 Å². The molecule has 0 aliphatic heterocycles. The molecule has 0 radical (unpaired) electrons. The Labute approximate surface area is 126 Å². The van der Waals surface area contributed by atoms with Crippen molar-refractivity contribution in [1.82, 2.24) is 3.97 Å². The number of hydrogen-bond acceptors (Lipinski definition) is 2. The van der Waals surface area contributed by atoms with Gasteiger partial charge in [-0.2, -0.15) is 0 Å². The number of nitrogens with zero attached hydrogens (tertiary/aromatic N) is 1. The molecule has 0 aliphatic rings. The second kappa shape index (κ2) is 4.75. The molecule has 0 fully saturated rings. The monoisotopic (exact) mass is 349 g/mol. The van der Waals surface area contributed by atoms with Crippen LogP contribution in [0.15, 0.2) is 64.1 Å². The van der Waals surface area contributed by atoms with Crippen molar-refractivity contribution in [2.45, 2.75) is 11.8 Å². The Morgan fingerprint density at radius 2 is 1.75 bits per heavy atom. The first-order chi connectivity index (χ1) is 9.50. The number of fused-ring (bicyclic) bond motifs is 1. The first-order valence-electron chi connectivity index (χ1n) is 6.08. The molecule has 3 nitrogen and oxygen atoms in total. The summed E-state index contributed by atoms with van der Waals surface area (Å²) in [5.74, 6) is 0. The maximum absolute atomic E-state index is 12.7. The number of aryl methyl sites for hydroxylation is 1. The van der Waals surface area contributed by atoms with Gasteiger partial charge in [0.25, 0.3) is 10.0 Å². The summed E-state index contributed by atoms with van der Waals surface area (Å²) in [7, 11) is -3.56. The Balaban J connectivity index is 2.31. The van der Waals surface area contributed by atoms with Crippen LogP contribution in [0.25, 0.3) is 10.9 Å². The Morgan fingerprint density at radius 1 is 1.05 bits per heavy atom. The average Bonchev–Trinajstić information content (AvgIpc) is 2.84. The molecule has 1 heterocycles. The highest BCUT2D eigenvalue weighted by Crippen LogP contribution is 2.27. The predicted molar refractivity (Wildman–Crippen MR) is 83.4 cm³/mol. The molecule has 0 atom stereocenters. The number of benzene rings is 2. The molecular formula is C15H12BrNO2S. The third-order valence-electron chi connectivity index (χ3n) is 3.24. The average molecular weight is 350 g/mol. The van der Waals surface area contributed by atoms with Crippen molar-refractivity contribution in [2.24, 2.45) is 0 Å². The summed E-state index contributed by atoms with van der Waals surface area (Å²) in [4.78, 5) is 0.287. The summed E-state index contributed by atoms with van der Waals surface area (Å²) in [5, 5.41) is 0.938. The normalized spacial score (nSPS) is 11.9. The maximum atomic E-state index is 12.7. The van der Waals surface area contributed by atoms with Gasteiger partial charge in [0.05, 0.1) is 10.4 Å². The zero-order chi connectivity index (χ0) is 14.3. The highest BCUT2D eigenvalue weighted by atomic mass is 79.9. The first kappa shape index (κ1) is 13.4. The van der Waals surface area contributed by atoms with E-state index in [2.05, 4.69) is 15.9 Å². The van der Waals surface area contributed by atoms with E-state index in [4.69, 9.17) is 0 Å². The van der Waals surface area contributed by atoms with Crippen molar-refractivity contribution >= 4 is 36.9 Å². The van der Waals surface area contributed by atoms with E-state index in [1.165, 1.54) is 3.97 Å². The highest BCUT2D eigenvalue weighted by molar-refractivity contribution is 9.10. The topological polar surface area (TPSA) is 39.1 Å². The van der Waals surface area contributed by atoms with E-state index < -0.39 is 10.0 Å². The van der Waals surface area contributed by atoms with E-state index in [1.54, 1.807) is 36.5 Å². The molecule has 0 saturated heterocycles. The van der Waals surface area contributed by atoms with Gasteiger partial charge in [0.2, 0.25) is 0 Å². The standard InChI is InChI=1S/C15H12BrNO2S/c1-11-9-12(16)10-15-14(11)7-8-17(15)20(18,19)13-5-3-2-4-6-13/h2-10H,1H3. The molecule has 0 N–H and O–H groups in total. The van der Waals surface area contributed by atoms with Gasteiger partial charge in [-0.25, -0.2) is 12.4 Å². The summed E-state index contributed by atoms with van der Waals surface area (Å²) in [6.45, 7) is 1.96. The molecule has 0 aliphatic carbocycles. The van der Waals surface area contributed by atoms with Crippen LogP contribution < -0.4 is 0 Å². The summed E-state index contributed by atoms with van der Waals surface area (Å²) in [5.41, 5.74) is 1.72. The summed E-state index contributed by atoms with van der Waals surface area (Å²) >= 11 is 3.42. The van der Waals surface area contributed by atoms with Crippen molar-refractivity contribution in [2.75, 3.05) is 0 Å². The smallest absolute Gasteiger partial charge is 0.241 e. The fourth-order valence-corrected chi connectivity index (χ4v) is 4.19. The highest BCUT2D eigenvalue weighted by Gasteiger charge is 2.19. The van der Waals surface area contributed by atoms with Gasteiger partial charge in [-0.1, -0.05) is 34.1 Å². The Hall–Kier alpha value is -1.59. The lowest BCUT2D eigenvalue weighted by Crippen LogP contribution is -2.11. The lowest BCUT2D eigenvalue weighted by atomic mass is 10.1. The molecule has 0 saturated carbocycles. The Morgan fingerprint density at radius 3 is 2.45 bits per heavy atom. The molecule has 0 unspecified atom stereocenters. The summed E-state index contributed by atoms with van der Waals surface area (Å²) in [6, 6.07) is 14.1. The van der Waals surface area contributed by atoms with Gasteiger partial charge in [0, 0.05) is 16.1 Å². The van der Waals surface area contributed by atoms with Crippen molar-refractivity contribution in [3.05, 3.63) is 64.8 Å². The molecule has 20 heavy (non-hydrogen) atoms. The van der Waals surface area contributed by atoms with Crippen LogP contribution in [-0.4, -0.2) is 12.4 Å². The number of aromatic nitrogens is 1. The van der Waals surface area contributed by atoms with Crippen molar-refractivity contribution in [3.63, 3.8) is 0 Å². The van der Waals surface area contributed by atoms with Crippen molar-refractivity contribution < 1.29 is 8.42 Å². The lowest BCUT2D eigenvalue weighted by Gasteiger charge is -2.08. The second-order valence-electron chi connectivity index (χ2n) is 4.59. The van der Waals surface area contributed by atoms with Crippen LogP contribution in [0.5, 0.6) is 0 Å². The molecule has 1 aromatic heterocycles. The van der Waals surface area contributed by atoms with Crippen molar-refractivity contribution in [1.29, 1.82) is 0 Å². The summed E-state index contributed by atoms with van der Waals surface area (Å²) < 4.78 is 27.6. The first-order valence-corrected chi connectivity index (χ1v) is 8.31. The second-order valence-corrected chi connectivity index (χ2v) is 7.32. The molecular weight excluding hydrogens is 338 g/mol. The number of rotatable bonds is 2. The largest absolute Gasteiger partial charge is 0.268 e. The minimum Gasteiger partial charge on any atom is -0.241 e. The van der Waals surface area contributed by atoms with Crippen LogP contribution in [-0.2, 0) is 10.0 Å². The number of halogens is 1. The molecule has 102 valence electrons. The fourth-order valence-electron chi connectivity index (χ4n) is 2.27. The minimum atomic E-state index is -3.56. The van der Waals surface area contributed by atoms with Gasteiger partial charge in [-0.15, -0.1) is 0 Å². The van der Waals surface area contributed by atoms with Crippen LogP contribution in [0.3, 0.4) is 0 Å². The van der Waals surface area contributed by atoms with E-state index in [1.807, 2.05) is 25.1 Å². The van der Waals surface area contributed by atoms with Crippen LogP contribution in [0.2, 0.25) is 0 Å². The third-order valence-corrected chi connectivity index (χ3v) is 5.41. The van der Waals surface area contributed by atoms with E-state index in [9.17, 15) is 8.42 Å². The third kappa shape index (κ3) is 2.07. The molecule has 3 rings (SSSR count). The minimum absolute atomic E-state index is 0.287. The molecule has 2 aromatic carbocycles. The van der Waals surface area contributed by atoms with Gasteiger partial charge < -0.3 is 0 Å². The Kier molecular flexibility index (Phi) is 3.18. The van der Waals surface area contributed by atoms with E-state index in [-0.39, 0.29) is 4.90 Å². The van der Waals surface area contributed by atoms with Gasteiger partial charge in [0.1, 0.15) is 0 Å². The van der Waals surface area contributed by atoms with E-state index in [0.717, 1.165) is 15.4 Å². The number of hydrogen-bond donors (Lipinski definition) is 0. The predicted octanol–water partition coefficient (Wildman–Crippen LogP) is 3.95. The zero-order valence-corrected chi connectivity index (χ0v) is 13.1. The quantitative estimate of drug-likeness (QED) is 0.702. The Bertz CT molecular complexity index is 883. The maximum Gasteiger partial charge on any atom is 0.268 e.